The summed E-state index contributed by atoms with van der Waals surface area (Å²) >= 11 is 0. The fourth-order valence-corrected chi connectivity index (χ4v) is 4.32. The average Bonchev–Trinajstić information content (AvgIpc) is 2.78. The van der Waals surface area contributed by atoms with Crippen molar-refractivity contribution in [3.63, 3.8) is 0 Å². The molecule has 1 aromatic rings. The summed E-state index contributed by atoms with van der Waals surface area (Å²) in [5, 5.41) is 12.3. The van der Waals surface area contributed by atoms with Gasteiger partial charge >= 0.3 is 5.97 Å². The third-order valence-corrected chi connectivity index (χ3v) is 5.05. The number of carbonyl (C=O) groups is 1. The maximum atomic E-state index is 10.7. The van der Waals surface area contributed by atoms with E-state index < -0.39 is 5.97 Å². The van der Waals surface area contributed by atoms with Crippen molar-refractivity contribution in [2.75, 3.05) is 5.32 Å². The highest BCUT2D eigenvalue weighted by molar-refractivity contribution is 5.85. The van der Waals surface area contributed by atoms with Gasteiger partial charge in [-0.2, -0.15) is 0 Å². The van der Waals surface area contributed by atoms with Gasteiger partial charge in [-0.25, -0.2) is 9.78 Å². The molecule has 4 unspecified atom stereocenters. The van der Waals surface area contributed by atoms with Crippen molar-refractivity contribution in [3.8, 4) is 0 Å². The quantitative estimate of drug-likeness (QED) is 0.856. The molecule has 4 nitrogen and oxygen atoms in total. The molecule has 2 bridgehead atoms. The summed E-state index contributed by atoms with van der Waals surface area (Å²) in [6.45, 7) is 0. The van der Waals surface area contributed by atoms with Crippen molar-refractivity contribution in [1.29, 1.82) is 0 Å². The molecule has 4 rings (SSSR count). The lowest BCUT2D eigenvalue weighted by Crippen LogP contribution is -2.13. The Morgan fingerprint density at radius 2 is 2.00 bits per heavy atom. The predicted octanol–water partition coefficient (Wildman–Crippen LogP) is 2.24. The molecule has 0 amide bonds. The topological polar surface area (TPSA) is 62.2 Å². The van der Waals surface area contributed by atoms with Gasteiger partial charge in [0.15, 0.2) is 0 Å². The molecule has 3 aliphatic rings. The molecule has 1 aromatic heterocycles. The second kappa shape index (κ2) is 3.46. The van der Waals surface area contributed by atoms with Gasteiger partial charge in [-0.05, 0) is 55.1 Å². The molecule has 3 saturated carbocycles. The van der Waals surface area contributed by atoms with E-state index in [1.165, 1.54) is 19.3 Å². The summed E-state index contributed by atoms with van der Waals surface area (Å²) in [4.78, 5) is 14.7. The first kappa shape index (κ1) is 10.4. The predicted molar refractivity (Wildman–Crippen MR) is 66.4 cm³/mol. The lowest BCUT2D eigenvalue weighted by Gasteiger charge is -2.11. The highest BCUT2D eigenvalue weighted by atomic mass is 16.4. The summed E-state index contributed by atoms with van der Waals surface area (Å²) in [7, 11) is 0. The van der Waals surface area contributed by atoms with Crippen LogP contribution in [0.3, 0.4) is 0 Å². The van der Waals surface area contributed by atoms with Gasteiger partial charge in [-0.3, -0.25) is 0 Å². The fraction of sp³-hybridized carbons (Fsp3) is 0.571. The summed E-state index contributed by atoms with van der Waals surface area (Å²) < 4.78 is 0. The fourth-order valence-electron chi connectivity index (χ4n) is 4.32. The number of hydrogen-bond donors (Lipinski definition) is 2. The lowest BCUT2D eigenvalue weighted by atomic mass is 10.0. The Labute approximate surface area is 105 Å². The van der Waals surface area contributed by atoms with Gasteiger partial charge in [0.25, 0.3) is 0 Å². The molecule has 18 heavy (non-hydrogen) atoms. The van der Waals surface area contributed by atoms with Gasteiger partial charge in [0.05, 0.1) is 11.9 Å². The number of fused-ring (bicyclic) bond motifs is 5. The molecule has 94 valence electrons. The SMILES string of the molecule is O=C(O)c1ccc(NC2C3C4CCC(C4)C23)cn1. The van der Waals surface area contributed by atoms with Gasteiger partial charge in [0.2, 0.25) is 0 Å². The molecular weight excluding hydrogens is 228 g/mol. The van der Waals surface area contributed by atoms with Gasteiger partial charge < -0.3 is 10.4 Å². The smallest absolute Gasteiger partial charge is 0.354 e. The molecule has 0 aromatic carbocycles. The van der Waals surface area contributed by atoms with E-state index in [2.05, 4.69) is 10.3 Å². The molecule has 4 atom stereocenters. The lowest BCUT2D eigenvalue weighted by molar-refractivity contribution is 0.0690. The Bertz CT molecular complexity index is 483. The van der Waals surface area contributed by atoms with Crippen LogP contribution in [-0.2, 0) is 0 Å². The molecule has 1 heterocycles. The van der Waals surface area contributed by atoms with Crippen LogP contribution in [0.1, 0.15) is 29.8 Å². The normalized spacial score (nSPS) is 39.4. The molecular formula is C14H16N2O2. The van der Waals surface area contributed by atoms with E-state index in [1.54, 1.807) is 12.3 Å². The van der Waals surface area contributed by atoms with Crippen LogP contribution in [0, 0.1) is 23.7 Å². The molecule has 4 heteroatoms. The highest BCUT2D eigenvalue weighted by Gasteiger charge is 2.64. The van der Waals surface area contributed by atoms with Gasteiger partial charge in [0, 0.05) is 6.04 Å². The molecule has 2 N–H and O–H groups in total. The maximum Gasteiger partial charge on any atom is 0.354 e. The Morgan fingerprint density at radius 3 is 2.56 bits per heavy atom. The summed E-state index contributed by atoms with van der Waals surface area (Å²) in [6.07, 6.45) is 5.92. The van der Waals surface area contributed by atoms with Crippen molar-refractivity contribution in [1.82, 2.24) is 4.98 Å². The van der Waals surface area contributed by atoms with Crippen LogP contribution in [0.2, 0.25) is 0 Å². The highest BCUT2D eigenvalue weighted by Crippen LogP contribution is 2.66. The van der Waals surface area contributed by atoms with Crippen LogP contribution in [0.25, 0.3) is 0 Å². The van der Waals surface area contributed by atoms with Crippen LogP contribution in [0.4, 0.5) is 5.69 Å². The monoisotopic (exact) mass is 244 g/mol. The zero-order chi connectivity index (χ0) is 12.3. The third kappa shape index (κ3) is 1.38. The molecule has 0 saturated heterocycles. The Balaban J connectivity index is 1.46. The van der Waals surface area contributed by atoms with Crippen LogP contribution in [0.15, 0.2) is 18.3 Å². The van der Waals surface area contributed by atoms with Crippen molar-refractivity contribution in [2.24, 2.45) is 23.7 Å². The van der Waals surface area contributed by atoms with Gasteiger partial charge in [-0.15, -0.1) is 0 Å². The van der Waals surface area contributed by atoms with E-state index in [1.807, 2.05) is 6.07 Å². The van der Waals surface area contributed by atoms with E-state index in [-0.39, 0.29) is 5.69 Å². The first-order chi connectivity index (χ1) is 8.74. The van der Waals surface area contributed by atoms with Crippen LogP contribution in [0.5, 0.6) is 0 Å². The number of aromatic carboxylic acids is 1. The van der Waals surface area contributed by atoms with Crippen molar-refractivity contribution in [2.45, 2.75) is 25.3 Å². The minimum Gasteiger partial charge on any atom is -0.477 e. The number of nitrogens with zero attached hydrogens (tertiary/aromatic N) is 1. The maximum absolute atomic E-state index is 10.7. The Morgan fingerprint density at radius 1 is 1.28 bits per heavy atom. The average molecular weight is 244 g/mol. The first-order valence-corrected chi connectivity index (χ1v) is 6.70. The summed E-state index contributed by atoms with van der Waals surface area (Å²) in [5.74, 6) is 2.68. The largest absolute Gasteiger partial charge is 0.477 e. The van der Waals surface area contributed by atoms with E-state index in [9.17, 15) is 4.79 Å². The number of nitrogens with one attached hydrogen (secondary N) is 1. The minimum atomic E-state index is -0.970. The number of carboxylic acids is 1. The van der Waals surface area contributed by atoms with Crippen molar-refractivity contribution in [3.05, 3.63) is 24.0 Å². The van der Waals surface area contributed by atoms with Gasteiger partial charge in [-0.1, -0.05) is 0 Å². The summed E-state index contributed by atoms with van der Waals surface area (Å²) in [6, 6.07) is 4.01. The second-order valence-electron chi connectivity index (χ2n) is 5.90. The number of anilines is 1. The second-order valence-corrected chi connectivity index (χ2v) is 5.90. The molecule has 3 fully saturated rings. The number of carboxylic acid groups (broad SMARTS) is 1. The van der Waals surface area contributed by atoms with Crippen molar-refractivity contribution >= 4 is 11.7 Å². The van der Waals surface area contributed by atoms with E-state index in [0.717, 1.165) is 29.4 Å². The number of pyridine rings is 1. The summed E-state index contributed by atoms with van der Waals surface area (Å²) in [5.41, 5.74) is 1.07. The minimum absolute atomic E-state index is 0.108. The molecule has 0 aliphatic heterocycles. The number of aromatic nitrogens is 1. The zero-order valence-electron chi connectivity index (χ0n) is 10.0. The van der Waals surface area contributed by atoms with E-state index in [0.29, 0.717) is 6.04 Å². The molecule has 0 spiro atoms. The van der Waals surface area contributed by atoms with Crippen LogP contribution in [-0.4, -0.2) is 22.1 Å². The molecule has 3 aliphatic carbocycles. The third-order valence-electron chi connectivity index (χ3n) is 5.05. The first-order valence-electron chi connectivity index (χ1n) is 6.70. The van der Waals surface area contributed by atoms with Crippen LogP contribution >= 0.6 is 0 Å². The van der Waals surface area contributed by atoms with Crippen LogP contribution < -0.4 is 5.32 Å². The van der Waals surface area contributed by atoms with E-state index in [4.69, 9.17) is 5.11 Å². The standard InChI is InChI=1S/C14H16N2O2/c17-14(18)10-4-3-9(6-15-10)16-13-11-7-1-2-8(5-7)12(11)13/h3-4,6-8,11-13,16H,1-2,5H2,(H,17,18). The number of hydrogen-bond acceptors (Lipinski definition) is 3. The molecule has 0 radical (unpaired) electrons. The van der Waals surface area contributed by atoms with Gasteiger partial charge in [0.1, 0.15) is 5.69 Å². The Kier molecular flexibility index (Phi) is 1.99. The van der Waals surface area contributed by atoms with E-state index >= 15 is 0 Å². The number of rotatable bonds is 3. The Hall–Kier alpha value is -1.58. The zero-order valence-corrected chi connectivity index (χ0v) is 10.0. The van der Waals surface area contributed by atoms with Crippen molar-refractivity contribution < 1.29 is 9.90 Å².